The summed E-state index contributed by atoms with van der Waals surface area (Å²) >= 11 is 0. The molecule has 25 heavy (non-hydrogen) atoms. The number of methoxy groups -OCH3 is 1. The number of carbonyl (C=O) groups is 3. The summed E-state index contributed by atoms with van der Waals surface area (Å²) in [5.41, 5.74) is -2.09. The van der Waals surface area contributed by atoms with Crippen molar-refractivity contribution in [1.29, 1.82) is 0 Å². The molecule has 0 bridgehead atoms. The molecule has 136 valence electrons. The van der Waals surface area contributed by atoms with Crippen molar-refractivity contribution in [1.82, 2.24) is 15.5 Å². The Morgan fingerprint density at radius 2 is 2.08 bits per heavy atom. The average Bonchev–Trinajstić information content (AvgIpc) is 2.74. The van der Waals surface area contributed by atoms with Gasteiger partial charge in [0.15, 0.2) is 0 Å². The first kappa shape index (κ1) is 18.8. The lowest BCUT2D eigenvalue weighted by molar-refractivity contribution is -0.135. The van der Waals surface area contributed by atoms with E-state index in [0.717, 1.165) is 18.2 Å². The Kier molecular flexibility index (Phi) is 5.36. The van der Waals surface area contributed by atoms with Crippen LogP contribution in [0.2, 0.25) is 0 Å². The number of hydrogen-bond donors (Lipinski definition) is 2. The van der Waals surface area contributed by atoms with Gasteiger partial charge in [-0.3, -0.25) is 14.5 Å². The lowest BCUT2D eigenvalue weighted by Gasteiger charge is -2.23. The van der Waals surface area contributed by atoms with Crippen LogP contribution < -0.4 is 10.6 Å². The first-order valence-electron chi connectivity index (χ1n) is 7.57. The van der Waals surface area contributed by atoms with Gasteiger partial charge in [-0.1, -0.05) is 0 Å². The molecule has 9 heteroatoms. The van der Waals surface area contributed by atoms with Gasteiger partial charge in [0.2, 0.25) is 5.91 Å². The number of amides is 4. The quantitative estimate of drug-likeness (QED) is 0.742. The van der Waals surface area contributed by atoms with Crippen LogP contribution in [0.1, 0.15) is 19.4 Å². The number of nitrogens with one attached hydrogen (secondary N) is 2. The van der Waals surface area contributed by atoms with E-state index >= 15 is 0 Å². The first-order chi connectivity index (χ1) is 11.7. The molecule has 1 aliphatic heterocycles. The van der Waals surface area contributed by atoms with E-state index < -0.39 is 41.6 Å². The number of nitrogens with zero attached hydrogens (tertiary/aromatic N) is 1. The Morgan fingerprint density at radius 3 is 2.72 bits per heavy atom. The minimum absolute atomic E-state index is 0.262. The molecule has 1 saturated heterocycles. The van der Waals surface area contributed by atoms with Crippen molar-refractivity contribution in [3.63, 3.8) is 0 Å². The van der Waals surface area contributed by atoms with E-state index in [1.165, 1.54) is 14.0 Å². The fraction of sp³-hybridized carbons (Fsp3) is 0.438. The third kappa shape index (κ3) is 3.76. The van der Waals surface area contributed by atoms with Crippen molar-refractivity contribution in [3.05, 3.63) is 35.4 Å². The van der Waals surface area contributed by atoms with Gasteiger partial charge in [-0.2, -0.15) is 0 Å². The van der Waals surface area contributed by atoms with Crippen molar-refractivity contribution < 1.29 is 27.9 Å². The molecule has 2 unspecified atom stereocenters. The third-order valence-corrected chi connectivity index (χ3v) is 3.87. The number of benzene rings is 1. The van der Waals surface area contributed by atoms with Crippen LogP contribution in [0, 0.1) is 11.6 Å². The first-order valence-corrected chi connectivity index (χ1v) is 7.57. The van der Waals surface area contributed by atoms with Gasteiger partial charge in [-0.15, -0.1) is 0 Å². The Morgan fingerprint density at radius 1 is 1.40 bits per heavy atom. The summed E-state index contributed by atoms with van der Waals surface area (Å²) in [5.74, 6) is -2.99. The predicted molar refractivity (Wildman–Crippen MR) is 83.4 cm³/mol. The summed E-state index contributed by atoms with van der Waals surface area (Å²) in [6.07, 6.45) is 0. The van der Waals surface area contributed by atoms with E-state index in [1.54, 1.807) is 6.92 Å². The highest BCUT2D eigenvalue weighted by Gasteiger charge is 2.50. The second kappa shape index (κ2) is 7.14. The average molecular weight is 355 g/mol. The molecule has 0 aliphatic carbocycles. The summed E-state index contributed by atoms with van der Waals surface area (Å²) in [4.78, 5) is 37.3. The summed E-state index contributed by atoms with van der Waals surface area (Å²) in [5, 5.41) is 4.89. The second-order valence-electron chi connectivity index (χ2n) is 5.99. The van der Waals surface area contributed by atoms with E-state index in [9.17, 15) is 23.2 Å². The molecule has 1 aromatic rings. The highest BCUT2D eigenvalue weighted by molar-refractivity contribution is 6.09. The summed E-state index contributed by atoms with van der Waals surface area (Å²) in [6, 6.07) is 1.46. The monoisotopic (exact) mass is 355 g/mol. The Balaban J connectivity index is 2.19. The smallest absolute Gasteiger partial charge is 0.325 e. The number of halogens is 2. The van der Waals surface area contributed by atoms with Gasteiger partial charge in [0.05, 0.1) is 6.61 Å². The minimum atomic E-state index is -1.79. The molecule has 0 radical (unpaired) electrons. The zero-order chi connectivity index (χ0) is 18.8. The second-order valence-corrected chi connectivity index (χ2v) is 5.99. The van der Waals surface area contributed by atoms with Crippen LogP contribution in [-0.2, 0) is 19.9 Å². The zero-order valence-electron chi connectivity index (χ0n) is 14.1. The van der Waals surface area contributed by atoms with Crippen LogP contribution >= 0.6 is 0 Å². The van der Waals surface area contributed by atoms with Crippen LogP contribution in [0.15, 0.2) is 18.2 Å². The standard InChI is InChI=1S/C16H19F2N3O4/c1-9(8-25-3)19-13(22)7-21-14(23)16(2,20-15(21)24)11-6-10(17)4-5-12(11)18/h4-6,9H,7-8H2,1-3H3,(H,19,22)(H,20,24). The summed E-state index contributed by atoms with van der Waals surface area (Å²) in [6.45, 7) is 2.68. The van der Waals surface area contributed by atoms with E-state index in [2.05, 4.69) is 10.6 Å². The Bertz CT molecular complexity index is 713. The molecular weight excluding hydrogens is 336 g/mol. The molecule has 1 heterocycles. The van der Waals surface area contributed by atoms with Gasteiger partial charge in [0, 0.05) is 18.7 Å². The van der Waals surface area contributed by atoms with Gasteiger partial charge >= 0.3 is 6.03 Å². The fourth-order valence-electron chi connectivity index (χ4n) is 2.66. The number of carbonyl (C=O) groups excluding carboxylic acids is 3. The molecule has 0 aromatic heterocycles. The van der Waals surface area contributed by atoms with Gasteiger partial charge in [0.25, 0.3) is 5.91 Å². The lowest BCUT2D eigenvalue weighted by atomic mass is 9.91. The maximum atomic E-state index is 14.0. The third-order valence-electron chi connectivity index (χ3n) is 3.87. The molecule has 2 rings (SSSR count). The van der Waals surface area contributed by atoms with E-state index in [4.69, 9.17) is 4.74 Å². The van der Waals surface area contributed by atoms with Crippen LogP contribution in [0.3, 0.4) is 0 Å². The summed E-state index contributed by atoms with van der Waals surface area (Å²) in [7, 11) is 1.47. The van der Waals surface area contributed by atoms with Crippen LogP contribution in [0.25, 0.3) is 0 Å². The molecule has 0 spiro atoms. The van der Waals surface area contributed by atoms with Gasteiger partial charge < -0.3 is 15.4 Å². The van der Waals surface area contributed by atoms with Crippen molar-refractivity contribution in [2.45, 2.75) is 25.4 Å². The van der Waals surface area contributed by atoms with Crippen LogP contribution in [-0.4, -0.2) is 49.0 Å². The molecule has 0 saturated carbocycles. The topological polar surface area (TPSA) is 87.7 Å². The van der Waals surface area contributed by atoms with Gasteiger partial charge in [-0.05, 0) is 32.0 Å². The molecule has 1 aliphatic rings. The zero-order valence-corrected chi connectivity index (χ0v) is 14.1. The maximum absolute atomic E-state index is 14.0. The molecule has 2 N–H and O–H groups in total. The van der Waals surface area contributed by atoms with E-state index in [1.807, 2.05) is 0 Å². The van der Waals surface area contributed by atoms with Gasteiger partial charge in [-0.25, -0.2) is 13.6 Å². The number of ether oxygens (including phenoxy) is 1. The number of imide groups is 1. The normalized spacial score (nSPS) is 21.2. The number of urea groups is 1. The number of rotatable bonds is 6. The van der Waals surface area contributed by atoms with Crippen LogP contribution in [0.4, 0.5) is 13.6 Å². The molecule has 2 atom stereocenters. The molecule has 1 aromatic carbocycles. The predicted octanol–water partition coefficient (Wildman–Crippen LogP) is 0.883. The highest BCUT2D eigenvalue weighted by Crippen LogP contribution is 2.31. The van der Waals surface area contributed by atoms with E-state index in [0.29, 0.717) is 4.90 Å². The SMILES string of the molecule is COCC(C)NC(=O)CN1C(=O)NC(C)(c2cc(F)ccc2F)C1=O. The highest BCUT2D eigenvalue weighted by atomic mass is 19.1. The number of hydrogen-bond acceptors (Lipinski definition) is 4. The Labute approximate surface area is 143 Å². The van der Waals surface area contributed by atoms with Crippen molar-refractivity contribution >= 4 is 17.8 Å². The van der Waals surface area contributed by atoms with Crippen LogP contribution in [0.5, 0.6) is 0 Å². The maximum Gasteiger partial charge on any atom is 0.325 e. The molecular formula is C16H19F2N3O4. The van der Waals surface area contributed by atoms with Gasteiger partial charge in [0.1, 0.15) is 23.7 Å². The fourth-order valence-corrected chi connectivity index (χ4v) is 2.66. The van der Waals surface area contributed by atoms with Crippen molar-refractivity contribution in [2.24, 2.45) is 0 Å². The molecule has 7 nitrogen and oxygen atoms in total. The molecule has 1 fully saturated rings. The minimum Gasteiger partial charge on any atom is -0.383 e. The van der Waals surface area contributed by atoms with Crippen molar-refractivity contribution in [2.75, 3.05) is 20.3 Å². The summed E-state index contributed by atoms with van der Waals surface area (Å²) < 4.78 is 32.3. The molecule has 4 amide bonds. The Hall–Kier alpha value is -2.55. The lowest BCUT2D eigenvalue weighted by Crippen LogP contribution is -2.46. The largest absolute Gasteiger partial charge is 0.383 e. The van der Waals surface area contributed by atoms with Crippen molar-refractivity contribution in [3.8, 4) is 0 Å². The van der Waals surface area contributed by atoms with E-state index in [-0.39, 0.29) is 18.2 Å².